The smallest absolute Gasteiger partial charge is 0.265 e. The van der Waals surface area contributed by atoms with Crippen LogP contribution in [0.15, 0.2) is 48.8 Å². The summed E-state index contributed by atoms with van der Waals surface area (Å²) in [5, 5.41) is 4.20. The maximum Gasteiger partial charge on any atom is 0.265 e. The van der Waals surface area contributed by atoms with Crippen molar-refractivity contribution in [3.05, 3.63) is 64.3 Å². The lowest BCUT2D eigenvalue weighted by atomic mass is 9.96. The van der Waals surface area contributed by atoms with Gasteiger partial charge in [-0.3, -0.25) is 9.59 Å². The molecule has 1 aliphatic heterocycles. The molecule has 0 saturated carbocycles. The van der Waals surface area contributed by atoms with E-state index >= 15 is 0 Å². The number of rotatable bonds is 4. The molecule has 8 heteroatoms. The maximum absolute atomic E-state index is 12.9. The summed E-state index contributed by atoms with van der Waals surface area (Å²) in [7, 11) is 0. The van der Waals surface area contributed by atoms with Gasteiger partial charge < -0.3 is 10.2 Å². The number of hydrogen-bond acceptors (Lipinski definition) is 5. The lowest BCUT2D eigenvalue weighted by molar-refractivity contribution is -0.121. The van der Waals surface area contributed by atoms with Crippen LogP contribution >= 0.6 is 22.9 Å². The number of carbonyl (C=O) groups excluding carboxylic acids is 2. The number of hydrogen-bond donors (Lipinski definition) is 1. The van der Waals surface area contributed by atoms with Crippen molar-refractivity contribution in [1.29, 1.82) is 0 Å². The topological polar surface area (TPSA) is 75.2 Å². The van der Waals surface area contributed by atoms with Crippen molar-refractivity contribution in [1.82, 2.24) is 14.9 Å². The molecule has 154 valence electrons. The number of aromatic nitrogens is 2. The van der Waals surface area contributed by atoms with Crippen LogP contribution in [0.25, 0.3) is 10.6 Å². The maximum atomic E-state index is 12.9. The molecule has 2 amide bonds. The van der Waals surface area contributed by atoms with E-state index in [9.17, 15) is 9.59 Å². The summed E-state index contributed by atoms with van der Waals surface area (Å²) in [6, 6.07) is 11.2. The standard InChI is InChI=1S/C22H21ClN4O2S/c1-14-6-7-19(24-12-14)26-20(28)15-8-10-27(11-9-15)22(29)18-13-25-21(30-18)16-4-2-3-5-17(16)23/h2-7,12-13,15H,8-11H2,1H3,(H,24,26,28). The zero-order chi connectivity index (χ0) is 21.1. The molecule has 0 bridgehead atoms. The van der Waals surface area contributed by atoms with E-state index < -0.39 is 0 Å². The Balaban J connectivity index is 1.35. The number of carbonyl (C=O) groups is 2. The Morgan fingerprint density at radius 3 is 2.57 bits per heavy atom. The second kappa shape index (κ2) is 8.93. The summed E-state index contributed by atoms with van der Waals surface area (Å²) in [6.45, 7) is 3.03. The zero-order valence-corrected chi connectivity index (χ0v) is 18.0. The monoisotopic (exact) mass is 440 g/mol. The molecule has 1 saturated heterocycles. The highest BCUT2D eigenvalue weighted by Gasteiger charge is 2.29. The lowest BCUT2D eigenvalue weighted by Gasteiger charge is -2.30. The molecular weight excluding hydrogens is 420 g/mol. The van der Waals surface area contributed by atoms with E-state index in [1.807, 2.05) is 37.3 Å². The Morgan fingerprint density at radius 1 is 1.10 bits per heavy atom. The van der Waals surface area contributed by atoms with Crippen LogP contribution in [0.3, 0.4) is 0 Å². The van der Waals surface area contributed by atoms with E-state index in [4.69, 9.17) is 11.6 Å². The zero-order valence-electron chi connectivity index (χ0n) is 16.5. The largest absolute Gasteiger partial charge is 0.338 e. The highest BCUT2D eigenvalue weighted by atomic mass is 35.5. The van der Waals surface area contributed by atoms with Gasteiger partial charge in [0.15, 0.2) is 0 Å². The number of pyridine rings is 1. The van der Waals surface area contributed by atoms with E-state index in [0.29, 0.717) is 41.6 Å². The van der Waals surface area contributed by atoms with Crippen LogP contribution in [0.2, 0.25) is 5.02 Å². The van der Waals surface area contributed by atoms with Crippen LogP contribution in [0.4, 0.5) is 5.82 Å². The van der Waals surface area contributed by atoms with Gasteiger partial charge in [0.2, 0.25) is 5.91 Å². The first-order valence-electron chi connectivity index (χ1n) is 9.75. The molecule has 4 rings (SSSR count). The Morgan fingerprint density at radius 2 is 1.87 bits per heavy atom. The number of nitrogens with one attached hydrogen (secondary N) is 1. The molecule has 0 aliphatic carbocycles. The molecule has 0 unspecified atom stereocenters. The molecule has 3 aromatic rings. The summed E-state index contributed by atoms with van der Waals surface area (Å²) >= 11 is 7.57. The van der Waals surface area contributed by atoms with Gasteiger partial charge in [-0.05, 0) is 37.5 Å². The molecule has 0 spiro atoms. The number of amides is 2. The quantitative estimate of drug-likeness (QED) is 0.640. The van der Waals surface area contributed by atoms with Crippen LogP contribution in [0.5, 0.6) is 0 Å². The Bertz CT molecular complexity index is 1060. The first-order valence-corrected chi connectivity index (χ1v) is 10.9. The number of thiazole rings is 1. The number of halogens is 1. The minimum absolute atomic E-state index is 0.0442. The molecule has 0 radical (unpaired) electrons. The summed E-state index contributed by atoms with van der Waals surface area (Å²) in [4.78, 5) is 36.4. The number of nitrogens with zero attached hydrogens (tertiary/aromatic N) is 3. The Hall–Kier alpha value is -2.77. The van der Waals surface area contributed by atoms with Gasteiger partial charge in [-0.25, -0.2) is 9.97 Å². The molecule has 1 aliphatic rings. The first kappa shape index (κ1) is 20.5. The minimum Gasteiger partial charge on any atom is -0.338 e. The van der Waals surface area contributed by atoms with Crippen LogP contribution in [-0.4, -0.2) is 39.8 Å². The summed E-state index contributed by atoms with van der Waals surface area (Å²) in [5.41, 5.74) is 1.86. The van der Waals surface area contributed by atoms with Gasteiger partial charge >= 0.3 is 0 Å². The predicted molar refractivity (Wildman–Crippen MR) is 119 cm³/mol. The first-order chi connectivity index (χ1) is 14.5. The normalized spacial score (nSPS) is 14.5. The second-order valence-corrected chi connectivity index (χ2v) is 8.72. The fraction of sp³-hybridized carbons (Fsp3) is 0.273. The average molecular weight is 441 g/mol. The van der Waals surface area contributed by atoms with Crippen LogP contribution in [0, 0.1) is 12.8 Å². The molecule has 2 aromatic heterocycles. The molecule has 1 fully saturated rings. The fourth-order valence-corrected chi connectivity index (χ4v) is 4.61. The van der Waals surface area contributed by atoms with E-state index in [-0.39, 0.29) is 17.7 Å². The van der Waals surface area contributed by atoms with Crippen molar-refractivity contribution >= 4 is 40.6 Å². The highest BCUT2D eigenvalue weighted by Crippen LogP contribution is 2.32. The van der Waals surface area contributed by atoms with Crippen LogP contribution < -0.4 is 5.32 Å². The van der Waals surface area contributed by atoms with Gasteiger partial charge in [0.25, 0.3) is 5.91 Å². The second-order valence-electron chi connectivity index (χ2n) is 7.29. The molecule has 30 heavy (non-hydrogen) atoms. The molecule has 0 atom stereocenters. The third-order valence-electron chi connectivity index (χ3n) is 5.14. The van der Waals surface area contributed by atoms with Crippen molar-refractivity contribution < 1.29 is 9.59 Å². The number of aryl methyl sites for hydroxylation is 1. The van der Waals surface area contributed by atoms with E-state index in [1.54, 1.807) is 23.4 Å². The minimum atomic E-state index is -0.127. The lowest BCUT2D eigenvalue weighted by Crippen LogP contribution is -2.41. The molecule has 3 heterocycles. The van der Waals surface area contributed by atoms with Gasteiger partial charge in [0, 0.05) is 30.8 Å². The number of benzene rings is 1. The molecule has 6 nitrogen and oxygen atoms in total. The average Bonchev–Trinajstić information content (AvgIpc) is 3.25. The SMILES string of the molecule is Cc1ccc(NC(=O)C2CCN(C(=O)c3cnc(-c4ccccc4Cl)s3)CC2)nc1. The van der Waals surface area contributed by atoms with Gasteiger partial charge in [0.1, 0.15) is 15.7 Å². The van der Waals surface area contributed by atoms with Crippen molar-refractivity contribution in [2.75, 3.05) is 18.4 Å². The highest BCUT2D eigenvalue weighted by molar-refractivity contribution is 7.17. The summed E-state index contributed by atoms with van der Waals surface area (Å²) in [6.07, 6.45) is 4.58. The van der Waals surface area contributed by atoms with Gasteiger partial charge in [-0.1, -0.05) is 35.9 Å². The summed E-state index contributed by atoms with van der Waals surface area (Å²) < 4.78 is 0. The van der Waals surface area contributed by atoms with Crippen LogP contribution in [0.1, 0.15) is 28.1 Å². The van der Waals surface area contributed by atoms with E-state index in [0.717, 1.165) is 16.1 Å². The fourth-order valence-electron chi connectivity index (χ4n) is 3.40. The molecular formula is C22H21ClN4O2S. The van der Waals surface area contributed by atoms with E-state index in [1.165, 1.54) is 11.3 Å². The van der Waals surface area contributed by atoms with Crippen molar-refractivity contribution in [3.63, 3.8) is 0 Å². The number of piperidine rings is 1. The van der Waals surface area contributed by atoms with Gasteiger partial charge in [-0.2, -0.15) is 0 Å². The van der Waals surface area contributed by atoms with Crippen molar-refractivity contribution in [2.24, 2.45) is 5.92 Å². The third kappa shape index (κ3) is 4.52. The predicted octanol–water partition coefficient (Wildman–Crippen LogP) is 4.66. The molecule has 1 N–H and O–H groups in total. The summed E-state index contributed by atoms with van der Waals surface area (Å²) in [5.74, 6) is 0.334. The third-order valence-corrected chi connectivity index (χ3v) is 6.48. The van der Waals surface area contributed by atoms with Crippen molar-refractivity contribution in [2.45, 2.75) is 19.8 Å². The van der Waals surface area contributed by atoms with Gasteiger partial charge in [0.05, 0.1) is 11.2 Å². The Labute approximate surface area is 183 Å². The number of anilines is 1. The molecule has 1 aromatic carbocycles. The van der Waals surface area contributed by atoms with Crippen molar-refractivity contribution in [3.8, 4) is 10.6 Å². The van der Waals surface area contributed by atoms with E-state index in [2.05, 4.69) is 15.3 Å². The van der Waals surface area contributed by atoms with Crippen LogP contribution in [-0.2, 0) is 4.79 Å². The van der Waals surface area contributed by atoms with Gasteiger partial charge in [-0.15, -0.1) is 11.3 Å². The Kier molecular flexibility index (Phi) is 6.11. The number of likely N-dealkylation sites (tertiary alicyclic amines) is 1.